The van der Waals surface area contributed by atoms with Crippen molar-refractivity contribution in [2.24, 2.45) is 0 Å². The van der Waals surface area contributed by atoms with Crippen molar-refractivity contribution in [1.29, 1.82) is 0 Å². The summed E-state index contributed by atoms with van der Waals surface area (Å²) in [4.78, 5) is 26.0. The Kier molecular flexibility index (Phi) is 4.90. The van der Waals surface area contributed by atoms with Gasteiger partial charge in [-0.1, -0.05) is 12.1 Å². The molecule has 3 rings (SSSR count). The SMILES string of the molecule is CC(C)(C)OC(=O)c1cccc(COc2ccc3[nH]c(C(=O)O)cc3c2)c1. The smallest absolute Gasteiger partial charge is 0.352 e. The van der Waals surface area contributed by atoms with Crippen molar-refractivity contribution in [2.75, 3.05) is 0 Å². The second-order valence-electron chi connectivity index (χ2n) is 7.23. The third-order valence-corrected chi connectivity index (χ3v) is 3.79. The van der Waals surface area contributed by atoms with Crippen LogP contribution in [0.1, 0.15) is 47.2 Å². The summed E-state index contributed by atoms with van der Waals surface area (Å²) in [6.45, 7) is 5.75. The van der Waals surface area contributed by atoms with Crippen LogP contribution in [0.5, 0.6) is 5.75 Å². The molecule has 1 aromatic heterocycles. The van der Waals surface area contributed by atoms with Gasteiger partial charge in [-0.3, -0.25) is 0 Å². The highest BCUT2D eigenvalue weighted by atomic mass is 16.6. The Hall–Kier alpha value is -3.28. The summed E-state index contributed by atoms with van der Waals surface area (Å²) < 4.78 is 11.2. The van der Waals surface area contributed by atoms with Crippen molar-refractivity contribution >= 4 is 22.8 Å². The van der Waals surface area contributed by atoms with Crippen LogP contribution in [0.2, 0.25) is 0 Å². The lowest BCUT2D eigenvalue weighted by atomic mass is 10.1. The van der Waals surface area contributed by atoms with Crippen LogP contribution < -0.4 is 4.74 Å². The molecule has 1 heterocycles. The summed E-state index contributed by atoms with van der Waals surface area (Å²) in [5.41, 5.74) is 1.61. The molecule has 0 saturated carbocycles. The van der Waals surface area contributed by atoms with Gasteiger partial charge in [-0.2, -0.15) is 0 Å². The van der Waals surface area contributed by atoms with Crippen molar-refractivity contribution in [3.8, 4) is 5.75 Å². The molecule has 6 nitrogen and oxygen atoms in total. The fraction of sp³-hybridized carbons (Fsp3) is 0.238. The lowest BCUT2D eigenvalue weighted by Crippen LogP contribution is -2.23. The van der Waals surface area contributed by atoms with Gasteiger partial charge in [0.05, 0.1) is 5.56 Å². The highest BCUT2D eigenvalue weighted by molar-refractivity contribution is 5.94. The van der Waals surface area contributed by atoms with E-state index >= 15 is 0 Å². The van der Waals surface area contributed by atoms with Gasteiger partial charge in [0.25, 0.3) is 0 Å². The van der Waals surface area contributed by atoms with Gasteiger partial charge >= 0.3 is 11.9 Å². The number of carboxylic acids is 1. The molecular formula is C21H21NO5. The van der Waals surface area contributed by atoms with Crippen LogP contribution in [0.4, 0.5) is 0 Å². The molecule has 0 radical (unpaired) electrons. The predicted molar refractivity (Wildman–Crippen MR) is 101 cm³/mol. The Labute approximate surface area is 156 Å². The van der Waals surface area contributed by atoms with Gasteiger partial charge in [-0.15, -0.1) is 0 Å². The number of aromatic carboxylic acids is 1. The number of aromatic amines is 1. The van der Waals surface area contributed by atoms with Crippen molar-refractivity contribution in [3.05, 3.63) is 65.4 Å². The van der Waals surface area contributed by atoms with Crippen LogP contribution in [-0.4, -0.2) is 27.6 Å². The molecule has 0 bridgehead atoms. The Balaban J connectivity index is 1.71. The highest BCUT2D eigenvalue weighted by Gasteiger charge is 2.18. The summed E-state index contributed by atoms with van der Waals surface area (Å²) in [6.07, 6.45) is 0. The minimum atomic E-state index is -1.01. The number of aromatic nitrogens is 1. The van der Waals surface area contributed by atoms with E-state index in [1.807, 2.05) is 26.8 Å². The van der Waals surface area contributed by atoms with E-state index in [1.165, 1.54) is 0 Å². The topological polar surface area (TPSA) is 88.6 Å². The molecule has 0 amide bonds. The number of nitrogens with one attached hydrogen (secondary N) is 1. The molecule has 0 aliphatic carbocycles. The maximum Gasteiger partial charge on any atom is 0.352 e. The number of hydrogen-bond donors (Lipinski definition) is 2. The zero-order valence-electron chi connectivity index (χ0n) is 15.4. The van der Waals surface area contributed by atoms with E-state index in [0.717, 1.165) is 16.5 Å². The molecule has 2 N–H and O–H groups in total. The molecule has 3 aromatic rings. The van der Waals surface area contributed by atoms with E-state index in [9.17, 15) is 9.59 Å². The lowest BCUT2D eigenvalue weighted by molar-refractivity contribution is 0.00691. The van der Waals surface area contributed by atoms with Crippen LogP contribution in [0.15, 0.2) is 48.5 Å². The van der Waals surface area contributed by atoms with Crippen molar-refractivity contribution < 1.29 is 24.2 Å². The average Bonchev–Trinajstić information content (AvgIpc) is 3.02. The number of esters is 1. The summed E-state index contributed by atoms with van der Waals surface area (Å²) in [5, 5.41) is 9.81. The molecule has 0 fully saturated rings. The largest absolute Gasteiger partial charge is 0.489 e. The average molecular weight is 367 g/mol. The number of fused-ring (bicyclic) bond motifs is 1. The van der Waals surface area contributed by atoms with Crippen molar-refractivity contribution in [3.63, 3.8) is 0 Å². The minimum Gasteiger partial charge on any atom is -0.489 e. The predicted octanol–water partition coefficient (Wildman–Crippen LogP) is 4.40. The van der Waals surface area contributed by atoms with E-state index in [0.29, 0.717) is 11.3 Å². The molecule has 140 valence electrons. The van der Waals surface area contributed by atoms with E-state index in [4.69, 9.17) is 14.6 Å². The number of carboxylic acid groups (broad SMARTS) is 1. The molecule has 6 heteroatoms. The summed E-state index contributed by atoms with van der Waals surface area (Å²) in [6, 6.07) is 14.0. The number of benzene rings is 2. The third kappa shape index (κ3) is 4.67. The molecule has 2 aromatic carbocycles. The van der Waals surface area contributed by atoms with Crippen LogP contribution in [0.3, 0.4) is 0 Å². The number of H-pyrrole nitrogens is 1. The Morgan fingerprint density at radius 3 is 2.56 bits per heavy atom. The number of carbonyl (C=O) groups excluding carboxylic acids is 1. The first-order chi connectivity index (χ1) is 12.7. The van der Waals surface area contributed by atoms with Gasteiger partial charge in [0.2, 0.25) is 0 Å². The van der Waals surface area contributed by atoms with Crippen LogP contribution in [0.25, 0.3) is 10.9 Å². The van der Waals surface area contributed by atoms with Gasteiger partial charge in [0.1, 0.15) is 23.7 Å². The first kappa shape index (κ1) is 18.5. The maximum atomic E-state index is 12.2. The summed E-state index contributed by atoms with van der Waals surface area (Å²) in [7, 11) is 0. The number of carbonyl (C=O) groups is 2. The van der Waals surface area contributed by atoms with Gasteiger partial charge in [0.15, 0.2) is 0 Å². The standard InChI is InChI=1S/C21H21NO5/c1-21(2,3)27-20(25)14-6-4-5-13(9-14)12-26-16-7-8-17-15(10-16)11-18(22-17)19(23)24/h4-11,22H,12H2,1-3H3,(H,23,24). The van der Waals surface area contributed by atoms with Gasteiger partial charge < -0.3 is 19.6 Å². The first-order valence-electron chi connectivity index (χ1n) is 8.52. The second-order valence-corrected chi connectivity index (χ2v) is 7.23. The molecule has 0 saturated heterocycles. The van der Waals surface area contributed by atoms with Gasteiger partial charge in [0, 0.05) is 10.9 Å². The molecule has 0 atom stereocenters. The maximum absolute atomic E-state index is 12.2. The van der Waals surface area contributed by atoms with E-state index < -0.39 is 11.6 Å². The van der Waals surface area contributed by atoms with E-state index in [2.05, 4.69) is 4.98 Å². The molecule has 0 aliphatic rings. The van der Waals surface area contributed by atoms with Crippen LogP contribution >= 0.6 is 0 Å². The zero-order chi connectivity index (χ0) is 19.6. The second kappa shape index (κ2) is 7.15. The van der Waals surface area contributed by atoms with Gasteiger partial charge in [-0.25, -0.2) is 9.59 Å². The molecule has 0 unspecified atom stereocenters. The fourth-order valence-corrected chi connectivity index (χ4v) is 2.61. The summed E-state index contributed by atoms with van der Waals surface area (Å²) in [5.74, 6) is -0.770. The Morgan fingerprint density at radius 2 is 1.85 bits per heavy atom. The van der Waals surface area contributed by atoms with Gasteiger partial charge in [-0.05, 0) is 62.7 Å². The van der Waals surface area contributed by atoms with Crippen molar-refractivity contribution in [1.82, 2.24) is 4.98 Å². The molecule has 27 heavy (non-hydrogen) atoms. The Morgan fingerprint density at radius 1 is 1.07 bits per heavy atom. The first-order valence-corrected chi connectivity index (χ1v) is 8.52. The van der Waals surface area contributed by atoms with Crippen LogP contribution in [-0.2, 0) is 11.3 Å². The monoisotopic (exact) mass is 367 g/mol. The third-order valence-electron chi connectivity index (χ3n) is 3.79. The highest BCUT2D eigenvalue weighted by Crippen LogP contribution is 2.23. The fourth-order valence-electron chi connectivity index (χ4n) is 2.61. The van der Waals surface area contributed by atoms with Crippen LogP contribution in [0, 0.1) is 0 Å². The zero-order valence-corrected chi connectivity index (χ0v) is 15.4. The minimum absolute atomic E-state index is 0.132. The number of rotatable bonds is 5. The normalized spacial score (nSPS) is 11.4. The number of ether oxygens (including phenoxy) is 2. The lowest BCUT2D eigenvalue weighted by Gasteiger charge is -2.19. The van der Waals surface area contributed by atoms with E-state index in [1.54, 1.807) is 42.5 Å². The molecule has 0 spiro atoms. The Bertz CT molecular complexity index is 997. The number of hydrogen-bond acceptors (Lipinski definition) is 4. The quantitative estimate of drug-likeness (QED) is 0.653. The molecule has 0 aliphatic heterocycles. The van der Waals surface area contributed by atoms with E-state index in [-0.39, 0.29) is 18.3 Å². The molecular weight excluding hydrogens is 346 g/mol. The van der Waals surface area contributed by atoms with Crippen molar-refractivity contribution in [2.45, 2.75) is 33.0 Å². The summed E-state index contributed by atoms with van der Waals surface area (Å²) >= 11 is 0.